The van der Waals surface area contributed by atoms with E-state index >= 15 is 0 Å². The highest BCUT2D eigenvalue weighted by atomic mass is 16.5. The summed E-state index contributed by atoms with van der Waals surface area (Å²) >= 11 is 0. The molecular formula is C12H24N2O2. The Labute approximate surface area is 98.3 Å². The number of ether oxygens (including phenoxy) is 2. The van der Waals surface area contributed by atoms with Crippen molar-refractivity contribution in [1.82, 2.24) is 10.2 Å². The molecule has 16 heavy (non-hydrogen) atoms. The molecule has 2 aliphatic heterocycles. The van der Waals surface area contributed by atoms with Crippen molar-refractivity contribution in [3.05, 3.63) is 0 Å². The standard InChI is InChI=1S/C12H24N2O2/c1-3-11-8-14(4-6-15-11)5-7-16-12(2)9-13-10-12/h11,13H,3-10H2,1-2H3. The predicted octanol–water partition coefficient (Wildman–Crippen LogP) is 0.476. The third-order valence-corrected chi connectivity index (χ3v) is 3.53. The molecule has 0 radical (unpaired) electrons. The van der Waals surface area contributed by atoms with Gasteiger partial charge in [0.15, 0.2) is 0 Å². The first kappa shape index (κ1) is 12.3. The van der Waals surface area contributed by atoms with Crippen LogP contribution in [0, 0.1) is 0 Å². The van der Waals surface area contributed by atoms with E-state index in [1.54, 1.807) is 0 Å². The highest BCUT2D eigenvalue weighted by Crippen LogP contribution is 2.15. The van der Waals surface area contributed by atoms with Crippen LogP contribution < -0.4 is 5.32 Å². The zero-order valence-electron chi connectivity index (χ0n) is 10.5. The molecule has 0 amide bonds. The minimum atomic E-state index is 0.0937. The van der Waals surface area contributed by atoms with Gasteiger partial charge in [-0.2, -0.15) is 0 Å². The fourth-order valence-corrected chi connectivity index (χ4v) is 2.23. The molecule has 2 heterocycles. The van der Waals surface area contributed by atoms with Crippen LogP contribution >= 0.6 is 0 Å². The number of hydrogen-bond acceptors (Lipinski definition) is 4. The van der Waals surface area contributed by atoms with Crippen LogP contribution in [0.15, 0.2) is 0 Å². The van der Waals surface area contributed by atoms with E-state index in [-0.39, 0.29) is 5.60 Å². The summed E-state index contributed by atoms with van der Waals surface area (Å²) in [7, 11) is 0. The Balaban J connectivity index is 1.61. The maximum Gasteiger partial charge on any atom is 0.0902 e. The van der Waals surface area contributed by atoms with Crippen LogP contribution in [-0.4, -0.2) is 62.5 Å². The number of rotatable bonds is 5. The van der Waals surface area contributed by atoms with E-state index in [2.05, 4.69) is 24.1 Å². The molecule has 0 aromatic carbocycles. The normalized spacial score (nSPS) is 30.0. The molecule has 2 saturated heterocycles. The van der Waals surface area contributed by atoms with Gasteiger partial charge in [-0.05, 0) is 13.3 Å². The quantitative estimate of drug-likeness (QED) is 0.742. The van der Waals surface area contributed by atoms with Gasteiger partial charge in [0.2, 0.25) is 0 Å². The number of nitrogens with zero attached hydrogens (tertiary/aromatic N) is 1. The summed E-state index contributed by atoms with van der Waals surface area (Å²) in [5.74, 6) is 0. The smallest absolute Gasteiger partial charge is 0.0902 e. The first-order valence-electron chi connectivity index (χ1n) is 6.40. The lowest BCUT2D eigenvalue weighted by atomic mass is 10.0. The van der Waals surface area contributed by atoms with E-state index in [0.29, 0.717) is 6.10 Å². The molecular weight excluding hydrogens is 204 g/mol. The van der Waals surface area contributed by atoms with Crippen LogP contribution in [0.4, 0.5) is 0 Å². The summed E-state index contributed by atoms with van der Waals surface area (Å²) < 4.78 is 11.5. The van der Waals surface area contributed by atoms with Gasteiger partial charge >= 0.3 is 0 Å². The Morgan fingerprint density at radius 3 is 2.94 bits per heavy atom. The van der Waals surface area contributed by atoms with Crippen LogP contribution in [0.25, 0.3) is 0 Å². The van der Waals surface area contributed by atoms with Gasteiger partial charge in [0.05, 0.1) is 24.9 Å². The zero-order chi connectivity index (χ0) is 11.4. The first-order valence-corrected chi connectivity index (χ1v) is 6.40. The maximum atomic E-state index is 5.89. The average molecular weight is 228 g/mol. The number of hydrogen-bond donors (Lipinski definition) is 1. The van der Waals surface area contributed by atoms with Gasteiger partial charge in [0, 0.05) is 32.7 Å². The van der Waals surface area contributed by atoms with Gasteiger partial charge in [-0.25, -0.2) is 0 Å². The lowest BCUT2D eigenvalue weighted by Crippen LogP contribution is -2.59. The van der Waals surface area contributed by atoms with Crippen LogP contribution in [0.3, 0.4) is 0 Å². The van der Waals surface area contributed by atoms with Crippen molar-refractivity contribution < 1.29 is 9.47 Å². The van der Waals surface area contributed by atoms with Crippen molar-refractivity contribution in [1.29, 1.82) is 0 Å². The second-order valence-electron chi connectivity index (χ2n) is 5.10. The molecule has 0 spiro atoms. The average Bonchev–Trinajstić information content (AvgIpc) is 2.27. The summed E-state index contributed by atoms with van der Waals surface area (Å²) in [6.45, 7) is 11.2. The molecule has 0 aliphatic carbocycles. The molecule has 4 heteroatoms. The van der Waals surface area contributed by atoms with Gasteiger partial charge in [-0.1, -0.05) is 6.92 Å². The van der Waals surface area contributed by atoms with Crippen LogP contribution in [0.5, 0.6) is 0 Å². The monoisotopic (exact) mass is 228 g/mol. The van der Waals surface area contributed by atoms with Gasteiger partial charge in [-0.15, -0.1) is 0 Å². The van der Waals surface area contributed by atoms with Crippen molar-refractivity contribution in [3.8, 4) is 0 Å². The van der Waals surface area contributed by atoms with Gasteiger partial charge in [0.25, 0.3) is 0 Å². The third kappa shape index (κ3) is 3.17. The fraction of sp³-hybridized carbons (Fsp3) is 1.00. The van der Waals surface area contributed by atoms with Crippen LogP contribution in [-0.2, 0) is 9.47 Å². The molecule has 0 aromatic rings. The lowest BCUT2D eigenvalue weighted by Gasteiger charge is -2.40. The summed E-state index contributed by atoms with van der Waals surface area (Å²) in [4.78, 5) is 2.45. The molecule has 0 bridgehead atoms. The minimum absolute atomic E-state index is 0.0937. The van der Waals surface area contributed by atoms with Crippen molar-refractivity contribution in [3.63, 3.8) is 0 Å². The Bertz CT molecular complexity index is 219. The summed E-state index contributed by atoms with van der Waals surface area (Å²) in [5.41, 5.74) is 0.0937. The molecule has 4 nitrogen and oxygen atoms in total. The van der Waals surface area contributed by atoms with Crippen molar-refractivity contribution >= 4 is 0 Å². The lowest BCUT2D eigenvalue weighted by molar-refractivity contribution is -0.0851. The molecule has 0 saturated carbocycles. The molecule has 2 rings (SSSR count). The number of nitrogens with one attached hydrogen (secondary N) is 1. The molecule has 2 aliphatic rings. The topological polar surface area (TPSA) is 33.7 Å². The number of morpholine rings is 1. The molecule has 94 valence electrons. The second kappa shape index (κ2) is 5.45. The van der Waals surface area contributed by atoms with E-state index in [9.17, 15) is 0 Å². The summed E-state index contributed by atoms with van der Waals surface area (Å²) in [5, 5.41) is 3.25. The summed E-state index contributed by atoms with van der Waals surface area (Å²) in [6, 6.07) is 0. The largest absolute Gasteiger partial charge is 0.376 e. The molecule has 1 N–H and O–H groups in total. The zero-order valence-corrected chi connectivity index (χ0v) is 10.5. The molecule has 1 atom stereocenters. The molecule has 1 unspecified atom stereocenters. The van der Waals surface area contributed by atoms with Crippen molar-refractivity contribution in [2.24, 2.45) is 0 Å². The minimum Gasteiger partial charge on any atom is -0.376 e. The van der Waals surface area contributed by atoms with E-state index in [0.717, 1.165) is 52.4 Å². The van der Waals surface area contributed by atoms with Crippen LogP contribution in [0.1, 0.15) is 20.3 Å². The van der Waals surface area contributed by atoms with E-state index < -0.39 is 0 Å². The van der Waals surface area contributed by atoms with Crippen LogP contribution in [0.2, 0.25) is 0 Å². The predicted molar refractivity (Wildman–Crippen MR) is 63.7 cm³/mol. The van der Waals surface area contributed by atoms with Gasteiger partial charge < -0.3 is 14.8 Å². The van der Waals surface area contributed by atoms with Gasteiger partial charge in [-0.3, -0.25) is 4.90 Å². The van der Waals surface area contributed by atoms with E-state index in [1.807, 2.05) is 0 Å². The SMILES string of the molecule is CCC1CN(CCOC2(C)CNC2)CCO1. The molecule has 2 fully saturated rings. The summed E-state index contributed by atoms with van der Waals surface area (Å²) in [6.07, 6.45) is 1.54. The Kier molecular flexibility index (Phi) is 4.19. The molecule has 0 aromatic heterocycles. The van der Waals surface area contributed by atoms with E-state index in [1.165, 1.54) is 0 Å². The first-order chi connectivity index (χ1) is 7.72. The van der Waals surface area contributed by atoms with Crippen molar-refractivity contribution in [2.75, 3.05) is 45.9 Å². The highest BCUT2D eigenvalue weighted by molar-refractivity contribution is 4.90. The van der Waals surface area contributed by atoms with E-state index in [4.69, 9.17) is 9.47 Å². The maximum absolute atomic E-state index is 5.89. The second-order valence-corrected chi connectivity index (χ2v) is 5.10. The Morgan fingerprint density at radius 1 is 1.50 bits per heavy atom. The fourth-order valence-electron chi connectivity index (χ4n) is 2.23. The Hall–Kier alpha value is -0.160. The third-order valence-electron chi connectivity index (χ3n) is 3.53. The van der Waals surface area contributed by atoms with Gasteiger partial charge in [0.1, 0.15) is 0 Å². The Morgan fingerprint density at radius 2 is 2.31 bits per heavy atom. The highest BCUT2D eigenvalue weighted by Gasteiger charge is 2.32. The van der Waals surface area contributed by atoms with Crippen molar-refractivity contribution in [2.45, 2.75) is 32.0 Å².